The number of carbonyl (C=O) groups is 2. The molecule has 1 fully saturated rings. The number of hydrogen-bond donors (Lipinski definition) is 0. The molecule has 1 heterocycles. The van der Waals surface area contributed by atoms with Crippen LogP contribution in [-0.2, 0) is 24.2 Å². The molecule has 0 spiro atoms. The third kappa shape index (κ3) is 6.71. The number of para-hydroxylation sites is 1. The summed E-state index contributed by atoms with van der Waals surface area (Å²) in [5, 5.41) is 0.658. The number of sulfone groups is 1. The summed E-state index contributed by atoms with van der Waals surface area (Å²) in [6.45, 7) is 1.75. The number of esters is 1. The number of amides is 1. The van der Waals surface area contributed by atoms with E-state index in [0.29, 0.717) is 35.9 Å². The Bertz CT molecular complexity index is 1060. The number of ether oxygens (including phenoxy) is 2. The first-order chi connectivity index (χ1) is 15.2. The molecule has 0 N–H and O–H groups in total. The van der Waals surface area contributed by atoms with Gasteiger partial charge in [-0.1, -0.05) is 29.8 Å². The number of rotatable bonds is 9. The molecule has 1 unspecified atom stereocenters. The fourth-order valence-electron chi connectivity index (χ4n) is 3.52. The molecule has 2 aromatic rings. The van der Waals surface area contributed by atoms with Crippen molar-refractivity contribution < 1.29 is 27.5 Å². The Labute approximate surface area is 193 Å². The van der Waals surface area contributed by atoms with Gasteiger partial charge in [0.15, 0.2) is 16.4 Å². The van der Waals surface area contributed by atoms with Crippen LogP contribution >= 0.6 is 11.6 Å². The number of carbonyl (C=O) groups excluding carboxylic acids is 2. The summed E-state index contributed by atoms with van der Waals surface area (Å²) in [7, 11) is -3.18. The molecular formula is C23H26ClNO6S. The molecule has 7 nitrogen and oxygen atoms in total. The molecule has 1 aliphatic heterocycles. The average Bonchev–Trinajstić information content (AvgIpc) is 3.12. The topological polar surface area (TPSA) is 90.0 Å². The molecule has 3 rings (SSSR count). The van der Waals surface area contributed by atoms with E-state index in [0.717, 1.165) is 5.56 Å². The number of benzene rings is 2. The van der Waals surface area contributed by atoms with Gasteiger partial charge in [0.2, 0.25) is 0 Å². The molecule has 1 aliphatic rings. The van der Waals surface area contributed by atoms with E-state index in [1.165, 1.54) is 4.90 Å². The van der Waals surface area contributed by atoms with Crippen molar-refractivity contribution in [3.05, 3.63) is 59.1 Å². The Morgan fingerprint density at radius 1 is 1.16 bits per heavy atom. The van der Waals surface area contributed by atoms with Crippen LogP contribution in [0.3, 0.4) is 0 Å². The van der Waals surface area contributed by atoms with E-state index in [4.69, 9.17) is 21.1 Å². The van der Waals surface area contributed by atoms with Crippen LogP contribution in [0.4, 0.5) is 5.69 Å². The van der Waals surface area contributed by atoms with E-state index in [2.05, 4.69) is 0 Å². The molecule has 1 amide bonds. The van der Waals surface area contributed by atoms with Crippen LogP contribution in [0.1, 0.15) is 24.8 Å². The van der Waals surface area contributed by atoms with Crippen molar-refractivity contribution in [2.75, 3.05) is 29.6 Å². The Kier molecular flexibility index (Phi) is 8.15. The van der Waals surface area contributed by atoms with Gasteiger partial charge in [-0.2, -0.15) is 0 Å². The lowest BCUT2D eigenvalue weighted by molar-refractivity contribution is -0.148. The summed E-state index contributed by atoms with van der Waals surface area (Å²) in [5.74, 6) is -0.342. The molecule has 1 atom stereocenters. The molecule has 1 saturated heterocycles. The van der Waals surface area contributed by atoms with E-state index in [-0.39, 0.29) is 17.9 Å². The first-order valence-corrected chi connectivity index (χ1v) is 12.6. The summed E-state index contributed by atoms with van der Waals surface area (Å²) in [6, 6.07) is 13.7. The minimum Gasteiger partial charge on any atom is -0.494 e. The van der Waals surface area contributed by atoms with E-state index in [1.54, 1.807) is 36.4 Å². The number of nitrogens with zero attached hydrogens (tertiary/aromatic N) is 1. The lowest BCUT2D eigenvalue weighted by Crippen LogP contribution is -2.43. The predicted octanol–water partition coefficient (Wildman–Crippen LogP) is 3.57. The van der Waals surface area contributed by atoms with Gasteiger partial charge < -0.3 is 14.4 Å². The summed E-state index contributed by atoms with van der Waals surface area (Å²) in [5.41, 5.74) is 1.49. The van der Waals surface area contributed by atoms with Gasteiger partial charge in [0.25, 0.3) is 5.91 Å². The number of anilines is 1. The van der Waals surface area contributed by atoms with Crippen LogP contribution in [0.15, 0.2) is 48.5 Å². The molecule has 9 heteroatoms. The second-order valence-corrected chi connectivity index (χ2v) is 10.3. The molecule has 0 radical (unpaired) electrons. The van der Waals surface area contributed by atoms with Gasteiger partial charge in [-0.25, -0.2) is 8.42 Å². The lowest BCUT2D eigenvalue weighted by Gasteiger charge is -2.28. The molecule has 0 aromatic heterocycles. The third-order valence-electron chi connectivity index (χ3n) is 5.16. The van der Waals surface area contributed by atoms with Crippen molar-refractivity contribution in [1.29, 1.82) is 0 Å². The standard InChI is InChI=1S/C23H26ClNO6S/c1-17-14-20(9-10-21(17)24)30-12-5-8-23(27)31-15-22(26)25(18-6-3-2-4-7-18)19-11-13-32(28,29)16-19/h2-4,6-7,9-10,14,19H,5,8,11-13,15-16H2,1H3. The van der Waals surface area contributed by atoms with E-state index < -0.39 is 34.4 Å². The maximum atomic E-state index is 12.8. The smallest absolute Gasteiger partial charge is 0.306 e. The van der Waals surface area contributed by atoms with Gasteiger partial charge in [0.1, 0.15) is 5.75 Å². The lowest BCUT2D eigenvalue weighted by atomic mass is 10.2. The van der Waals surface area contributed by atoms with Crippen molar-refractivity contribution in [2.45, 2.75) is 32.2 Å². The van der Waals surface area contributed by atoms with E-state index in [1.807, 2.05) is 19.1 Å². The maximum absolute atomic E-state index is 12.8. The van der Waals surface area contributed by atoms with Crippen LogP contribution in [0, 0.1) is 6.92 Å². The van der Waals surface area contributed by atoms with Gasteiger partial charge in [-0.3, -0.25) is 9.59 Å². The zero-order valence-corrected chi connectivity index (χ0v) is 19.4. The van der Waals surface area contributed by atoms with Crippen LogP contribution in [0.25, 0.3) is 0 Å². The first kappa shape index (κ1) is 24.1. The monoisotopic (exact) mass is 479 g/mol. The first-order valence-electron chi connectivity index (χ1n) is 10.4. The second-order valence-electron chi connectivity index (χ2n) is 7.68. The fourth-order valence-corrected chi connectivity index (χ4v) is 5.34. The van der Waals surface area contributed by atoms with Crippen LogP contribution in [-0.4, -0.2) is 51.1 Å². The second kappa shape index (κ2) is 10.8. The number of hydrogen-bond acceptors (Lipinski definition) is 6. The molecule has 172 valence electrons. The Morgan fingerprint density at radius 3 is 2.56 bits per heavy atom. The predicted molar refractivity (Wildman–Crippen MR) is 123 cm³/mol. The summed E-state index contributed by atoms with van der Waals surface area (Å²) < 4.78 is 34.6. The van der Waals surface area contributed by atoms with Crippen LogP contribution in [0.2, 0.25) is 5.02 Å². The Balaban J connectivity index is 1.48. The van der Waals surface area contributed by atoms with Gasteiger partial charge in [-0.15, -0.1) is 0 Å². The largest absolute Gasteiger partial charge is 0.494 e. The highest BCUT2D eigenvalue weighted by molar-refractivity contribution is 7.91. The summed E-state index contributed by atoms with van der Waals surface area (Å²) in [4.78, 5) is 26.4. The molecule has 0 bridgehead atoms. The quantitative estimate of drug-likeness (QED) is 0.403. The third-order valence-corrected chi connectivity index (χ3v) is 7.33. The van der Waals surface area contributed by atoms with Crippen molar-refractivity contribution in [3.8, 4) is 5.75 Å². The molecule has 32 heavy (non-hydrogen) atoms. The van der Waals surface area contributed by atoms with Crippen LogP contribution < -0.4 is 9.64 Å². The van der Waals surface area contributed by atoms with Gasteiger partial charge in [-0.05, 0) is 55.7 Å². The van der Waals surface area contributed by atoms with Gasteiger partial charge in [0, 0.05) is 17.1 Å². The average molecular weight is 480 g/mol. The van der Waals surface area contributed by atoms with E-state index >= 15 is 0 Å². The molecule has 0 aliphatic carbocycles. The molecule has 0 saturated carbocycles. The fraction of sp³-hybridized carbons (Fsp3) is 0.391. The minimum atomic E-state index is -3.18. The van der Waals surface area contributed by atoms with Gasteiger partial charge in [0.05, 0.1) is 24.2 Å². The zero-order chi connectivity index (χ0) is 23.1. The summed E-state index contributed by atoms with van der Waals surface area (Å²) >= 11 is 5.98. The number of aryl methyl sites for hydroxylation is 1. The van der Waals surface area contributed by atoms with Crippen molar-refractivity contribution in [2.24, 2.45) is 0 Å². The molecular weight excluding hydrogens is 454 g/mol. The SMILES string of the molecule is Cc1cc(OCCCC(=O)OCC(=O)N(c2ccccc2)C2CCS(=O)(=O)C2)ccc1Cl. The Hall–Kier alpha value is -2.58. The van der Waals surface area contributed by atoms with Crippen LogP contribution in [0.5, 0.6) is 5.75 Å². The maximum Gasteiger partial charge on any atom is 0.306 e. The van der Waals surface area contributed by atoms with Crippen molar-refractivity contribution in [3.63, 3.8) is 0 Å². The van der Waals surface area contributed by atoms with Crippen molar-refractivity contribution >= 4 is 39.0 Å². The highest BCUT2D eigenvalue weighted by Gasteiger charge is 2.35. The number of halogens is 1. The highest BCUT2D eigenvalue weighted by atomic mass is 35.5. The van der Waals surface area contributed by atoms with E-state index in [9.17, 15) is 18.0 Å². The molecule has 2 aromatic carbocycles. The Morgan fingerprint density at radius 2 is 1.91 bits per heavy atom. The minimum absolute atomic E-state index is 0.0429. The van der Waals surface area contributed by atoms with Crippen molar-refractivity contribution in [1.82, 2.24) is 0 Å². The highest BCUT2D eigenvalue weighted by Crippen LogP contribution is 2.25. The van der Waals surface area contributed by atoms with Gasteiger partial charge >= 0.3 is 5.97 Å². The normalized spacial score (nSPS) is 17.0. The summed E-state index contributed by atoms with van der Waals surface area (Å²) in [6.07, 6.45) is 0.888. The zero-order valence-electron chi connectivity index (χ0n) is 17.8.